The predicted octanol–water partition coefficient (Wildman–Crippen LogP) is 3.95. The normalized spacial score (nSPS) is 12.2. The Morgan fingerprint density at radius 2 is 1.94 bits per heavy atom. The van der Waals surface area contributed by atoms with Crippen LogP contribution in [0.2, 0.25) is 0 Å². The van der Waals surface area contributed by atoms with E-state index in [1.54, 1.807) is 12.3 Å². The Balaban J connectivity index is 2.02. The van der Waals surface area contributed by atoms with Gasteiger partial charge >= 0.3 is 6.09 Å². The summed E-state index contributed by atoms with van der Waals surface area (Å²) in [6.07, 6.45) is 1.04. The number of pyridine rings is 1. The Labute approximate surface area is 181 Å². The first-order valence-corrected chi connectivity index (χ1v) is 10.4. The molecule has 3 rings (SSSR count). The first kappa shape index (κ1) is 22.5. The van der Waals surface area contributed by atoms with Gasteiger partial charge < -0.3 is 20.4 Å². The third kappa shape index (κ3) is 5.94. The van der Waals surface area contributed by atoms with Crippen molar-refractivity contribution in [2.24, 2.45) is 11.7 Å². The molecule has 0 radical (unpaired) electrons. The molecule has 0 bridgehead atoms. The van der Waals surface area contributed by atoms with Gasteiger partial charge in [0.05, 0.1) is 5.69 Å². The molecule has 2 aromatic heterocycles. The van der Waals surface area contributed by atoms with Gasteiger partial charge in [-0.05, 0) is 23.6 Å². The number of amides is 1. The topological polar surface area (TPSA) is 114 Å². The van der Waals surface area contributed by atoms with Gasteiger partial charge in [0, 0.05) is 35.6 Å². The molecule has 7 nitrogen and oxygen atoms in total. The van der Waals surface area contributed by atoms with Crippen LogP contribution in [0.1, 0.15) is 36.8 Å². The number of hydrogen-bond donors (Lipinski definition) is 3. The summed E-state index contributed by atoms with van der Waals surface area (Å²) >= 11 is 1.12. The number of halogens is 2. The lowest BCUT2D eigenvalue weighted by Gasteiger charge is -2.21. The highest BCUT2D eigenvalue weighted by Gasteiger charge is 2.26. The minimum atomic E-state index is -0.884. The molecule has 1 aromatic carbocycles. The van der Waals surface area contributed by atoms with Crippen molar-refractivity contribution in [3.05, 3.63) is 75.6 Å². The number of primary amides is 1. The van der Waals surface area contributed by atoms with Crippen LogP contribution in [-0.4, -0.2) is 27.7 Å². The lowest BCUT2D eigenvalue weighted by Crippen LogP contribution is -2.15. The largest absolute Gasteiger partial charge is 0.449 e. The number of H-pyrrole nitrogens is 2. The van der Waals surface area contributed by atoms with Gasteiger partial charge in [0.25, 0.3) is 0 Å². The minimum absolute atomic E-state index is 0.0337. The van der Waals surface area contributed by atoms with Crippen LogP contribution in [0.4, 0.5) is 13.6 Å². The van der Waals surface area contributed by atoms with Gasteiger partial charge in [-0.15, -0.1) is 0 Å². The highest BCUT2D eigenvalue weighted by molar-refractivity contribution is 7.99. The number of carbonyl (C=O) groups excluding carboxylic acids is 1. The Hall–Kier alpha value is -3.14. The van der Waals surface area contributed by atoms with Crippen molar-refractivity contribution in [1.82, 2.24) is 15.0 Å². The number of benzene rings is 1. The SMILES string of the molecule is CC(C)C(c1ccc(=O)[nH]c1)c1[nH]c(CCOC(N)=O)nc1Sc1cc(F)cc(F)c1. The van der Waals surface area contributed by atoms with Crippen LogP contribution in [0.15, 0.2) is 51.2 Å². The van der Waals surface area contributed by atoms with Crippen LogP contribution in [0.25, 0.3) is 0 Å². The lowest BCUT2D eigenvalue weighted by molar-refractivity contribution is 0.157. The standard InChI is InChI=1S/C21H22F2N4O3S/c1-11(2)18(12-3-4-17(28)25-10-12)19-20(27-16(26-19)5-6-30-21(24)29)31-15-8-13(22)7-14(23)9-15/h3-4,7-11,18H,5-6H2,1-2H3,(H2,24,29)(H,25,28)(H,26,27). The van der Waals surface area contributed by atoms with Crippen molar-refractivity contribution < 1.29 is 18.3 Å². The number of nitrogens with one attached hydrogen (secondary N) is 2. The predicted molar refractivity (Wildman–Crippen MR) is 112 cm³/mol. The Morgan fingerprint density at radius 1 is 1.23 bits per heavy atom. The fraction of sp³-hybridized carbons (Fsp3) is 0.286. The molecule has 31 heavy (non-hydrogen) atoms. The summed E-state index contributed by atoms with van der Waals surface area (Å²) < 4.78 is 32.2. The van der Waals surface area contributed by atoms with Crippen LogP contribution in [0, 0.1) is 17.6 Å². The van der Waals surface area contributed by atoms with E-state index in [9.17, 15) is 18.4 Å². The first-order chi connectivity index (χ1) is 14.7. The maximum absolute atomic E-state index is 13.7. The van der Waals surface area contributed by atoms with Gasteiger partial charge in [0.1, 0.15) is 29.1 Å². The number of aromatic amines is 2. The summed E-state index contributed by atoms with van der Waals surface area (Å²) in [5, 5.41) is 0.531. The third-order valence-electron chi connectivity index (χ3n) is 4.52. The van der Waals surface area contributed by atoms with E-state index in [4.69, 9.17) is 10.5 Å². The van der Waals surface area contributed by atoms with E-state index in [0.29, 0.717) is 15.7 Å². The second kappa shape index (κ2) is 9.78. The number of nitrogens with two attached hydrogens (primary N) is 1. The number of imidazole rings is 1. The number of aromatic nitrogens is 3. The first-order valence-electron chi connectivity index (χ1n) is 9.56. The zero-order chi connectivity index (χ0) is 22.5. The number of hydrogen-bond acceptors (Lipinski definition) is 5. The zero-order valence-corrected chi connectivity index (χ0v) is 17.8. The van der Waals surface area contributed by atoms with E-state index < -0.39 is 17.7 Å². The number of rotatable bonds is 8. The number of nitrogens with zero attached hydrogens (tertiary/aromatic N) is 1. The van der Waals surface area contributed by atoms with Gasteiger partial charge in [-0.3, -0.25) is 4.79 Å². The van der Waals surface area contributed by atoms with E-state index in [2.05, 4.69) is 15.0 Å². The van der Waals surface area contributed by atoms with Crippen LogP contribution in [-0.2, 0) is 11.2 Å². The average Bonchev–Trinajstić information content (AvgIpc) is 3.04. The summed E-state index contributed by atoms with van der Waals surface area (Å²) in [7, 11) is 0. The molecule has 10 heteroatoms. The van der Waals surface area contributed by atoms with Crippen LogP contribution in [0.5, 0.6) is 0 Å². The molecule has 0 aliphatic carbocycles. The molecule has 4 N–H and O–H groups in total. The van der Waals surface area contributed by atoms with E-state index in [-0.39, 0.29) is 30.4 Å². The van der Waals surface area contributed by atoms with E-state index in [0.717, 1.165) is 29.1 Å². The highest BCUT2D eigenvalue weighted by atomic mass is 32.2. The van der Waals surface area contributed by atoms with Crippen molar-refractivity contribution in [2.45, 2.75) is 36.1 Å². The Bertz CT molecular complexity index is 1090. The third-order valence-corrected chi connectivity index (χ3v) is 5.50. The maximum atomic E-state index is 13.7. The fourth-order valence-corrected chi connectivity index (χ4v) is 4.29. The Kier molecular flexibility index (Phi) is 7.11. The van der Waals surface area contributed by atoms with E-state index in [1.807, 2.05) is 13.8 Å². The number of ether oxygens (including phenoxy) is 1. The van der Waals surface area contributed by atoms with Gasteiger partial charge in [-0.25, -0.2) is 18.6 Å². The summed E-state index contributed by atoms with van der Waals surface area (Å²) in [6.45, 7) is 4.07. The van der Waals surface area contributed by atoms with E-state index >= 15 is 0 Å². The molecular weight excluding hydrogens is 426 g/mol. The summed E-state index contributed by atoms with van der Waals surface area (Å²) in [4.78, 5) is 33.2. The van der Waals surface area contributed by atoms with E-state index in [1.165, 1.54) is 18.2 Å². The fourth-order valence-electron chi connectivity index (χ4n) is 3.27. The van der Waals surface area contributed by atoms with Gasteiger partial charge in [-0.2, -0.15) is 0 Å². The molecule has 3 aromatic rings. The summed E-state index contributed by atoms with van der Waals surface area (Å²) in [5.41, 5.74) is 6.36. The van der Waals surface area contributed by atoms with Crippen LogP contribution >= 0.6 is 11.8 Å². The average molecular weight is 448 g/mol. The highest BCUT2D eigenvalue weighted by Crippen LogP contribution is 2.39. The Morgan fingerprint density at radius 3 is 2.52 bits per heavy atom. The number of carbonyl (C=O) groups is 1. The van der Waals surface area contributed by atoms with Crippen molar-refractivity contribution in [2.75, 3.05) is 6.61 Å². The molecule has 0 aliphatic heterocycles. The molecule has 164 valence electrons. The van der Waals surface area contributed by atoms with Gasteiger partial charge in [-0.1, -0.05) is 31.7 Å². The smallest absolute Gasteiger partial charge is 0.404 e. The van der Waals surface area contributed by atoms with Gasteiger partial charge in [0.15, 0.2) is 0 Å². The van der Waals surface area contributed by atoms with Crippen molar-refractivity contribution in [3.8, 4) is 0 Å². The second-order valence-corrected chi connectivity index (χ2v) is 8.30. The van der Waals surface area contributed by atoms with Crippen molar-refractivity contribution >= 4 is 17.9 Å². The molecule has 0 saturated carbocycles. The van der Waals surface area contributed by atoms with Crippen molar-refractivity contribution in [1.29, 1.82) is 0 Å². The molecule has 1 amide bonds. The maximum Gasteiger partial charge on any atom is 0.404 e. The summed E-state index contributed by atoms with van der Waals surface area (Å²) in [6, 6.07) is 6.44. The molecule has 0 spiro atoms. The molecule has 1 unspecified atom stereocenters. The monoisotopic (exact) mass is 448 g/mol. The minimum Gasteiger partial charge on any atom is -0.449 e. The quantitative estimate of drug-likeness (QED) is 0.483. The molecule has 2 heterocycles. The molecule has 1 atom stereocenters. The summed E-state index contributed by atoms with van der Waals surface area (Å²) in [5.74, 6) is -0.919. The van der Waals surface area contributed by atoms with Crippen LogP contribution in [0.3, 0.4) is 0 Å². The van der Waals surface area contributed by atoms with Crippen LogP contribution < -0.4 is 11.3 Å². The zero-order valence-electron chi connectivity index (χ0n) is 16.9. The molecule has 0 aliphatic rings. The lowest BCUT2D eigenvalue weighted by atomic mass is 9.87. The second-order valence-electron chi connectivity index (χ2n) is 7.23. The molecule has 0 saturated heterocycles. The molecular formula is C21H22F2N4O3S. The molecule has 0 fully saturated rings. The van der Waals surface area contributed by atoms with Crippen molar-refractivity contribution in [3.63, 3.8) is 0 Å². The van der Waals surface area contributed by atoms with Gasteiger partial charge in [0.2, 0.25) is 5.56 Å².